The van der Waals surface area contributed by atoms with Crippen LogP contribution >= 0.6 is 23.7 Å². The number of thiazole rings is 1. The van der Waals surface area contributed by atoms with Crippen LogP contribution < -0.4 is 5.73 Å². The minimum atomic E-state index is 0. The van der Waals surface area contributed by atoms with E-state index in [1.54, 1.807) is 11.3 Å². The van der Waals surface area contributed by atoms with Crippen LogP contribution in [0.15, 0.2) is 10.9 Å². The highest BCUT2D eigenvalue weighted by atomic mass is 35.5. The molecule has 0 unspecified atom stereocenters. The van der Waals surface area contributed by atoms with Gasteiger partial charge in [-0.2, -0.15) is 0 Å². The van der Waals surface area contributed by atoms with E-state index in [2.05, 4.69) is 36.2 Å². The van der Waals surface area contributed by atoms with Crippen molar-refractivity contribution in [2.75, 3.05) is 20.1 Å². The summed E-state index contributed by atoms with van der Waals surface area (Å²) in [5.41, 5.74) is 8.89. The zero-order valence-electron chi connectivity index (χ0n) is 9.56. The van der Waals surface area contributed by atoms with Crippen molar-refractivity contribution in [3.8, 4) is 0 Å². The van der Waals surface area contributed by atoms with Gasteiger partial charge in [-0.1, -0.05) is 13.8 Å². The van der Waals surface area contributed by atoms with Gasteiger partial charge >= 0.3 is 0 Å². The van der Waals surface area contributed by atoms with E-state index in [0.29, 0.717) is 6.54 Å². The number of hydrogen-bond donors (Lipinski definition) is 1. The van der Waals surface area contributed by atoms with E-state index in [4.69, 9.17) is 5.73 Å². The fraction of sp³-hybridized carbons (Fsp3) is 0.700. The molecule has 0 saturated heterocycles. The third-order valence-electron chi connectivity index (χ3n) is 2.17. The molecule has 15 heavy (non-hydrogen) atoms. The van der Waals surface area contributed by atoms with E-state index >= 15 is 0 Å². The Morgan fingerprint density at radius 2 is 2.20 bits per heavy atom. The van der Waals surface area contributed by atoms with E-state index in [1.807, 2.05) is 5.51 Å². The Morgan fingerprint density at radius 3 is 2.67 bits per heavy atom. The molecule has 1 aromatic heterocycles. The highest BCUT2D eigenvalue weighted by Gasteiger charge is 2.18. The van der Waals surface area contributed by atoms with Crippen LogP contribution in [-0.4, -0.2) is 30.0 Å². The van der Waals surface area contributed by atoms with Crippen LogP contribution in [0.3, 0.4) is 0 Å². The Balaban J connectivity index is 0.00000196. The molecule has 0 aliphatic heterocycles. The van der Waals surface area contributed by atoms with Crippen LogP contribution in [0.4, 0.5) is 0 Å². The van der Waals surface area contributed by atoms with Crippen LogP contribution in [0.5, 0.6) is 0 Å². The molecule has 0 amide bonds. The summed E-state index contributed by atoms with van der Waals surface area (Å²) in [7, 11) is 2.11. The van der Waals surface area contributed by atoms with Gasteiger partial charge in [0.1, 0.15) is 0 Å². The summed E-state index contributed by atoms with van der Waals surface area (Å²) < 4.78 is 0. The smallest absolute Gasteiger partial charge is 0.0795 e. The number of rotatable bonds is 5. The summed E-state index contributed by atoms with van der Waals surface area (Å²) in [6.45, 7) is 7.00. The first-order chi connectivity index (χ1) is 6.53. The SMILES string of the molecule is CN(Cc1cscn1)CC(C)(C)CN.Cl. The van der Waals surface area contributed by atoms with E-state index < -0.39 is 0 Å². The molecule has 0 radical (unpaired) electrons. The Morgan fingerprint density at radius 1 is 1.53 bits per heavy atom. The van der Waals surface area contributed by atoms with Crippen molar-refractivity contribution < 1.29 is 0 Å². The average molecular weight is 250 g/mol. The second-order valence-corrected chi connectivity index (χ2v) is 5.24. The van der Waals surface area contributed by atoms with Crippen LogP contribution in [0, 0.1) is 5.41 Å². The van der Waals surface area contributed by atoms with Gasteiger partial charge in [-0.15, -0.1) is 23.7 Å². The molecule has 0 saturated carbocycles. The summed E-state index contributed by atoms with van der Waals surface area (Å²) in [5.74, 6) is 0. The van der Waals surface area contributed by atoms with Gasteiger partial charge < -0.3 is 5.73 Å². The molecule has 0 aliphatic rings. The largest absolute Gasteiger partial charge is 0.330 e. The Kier molecular flexibility index (Phi) is 6.36. The lowest BCUT2D eigenvalue weighted by Gasteiger charge is -2.28. The molecule has 2 N–H and O–H groups in total. The van der Waals surface area contributed by atoms with Gasteiger partial charge in [0, 0.05) is 18.5 Å². The summed E-state index contributed by atoms with van der Waals surface area (Å²) in [5, 5.41) is 2.09. The van der Waals surface area contributed by atoms with Crippen molar-refractivity contribution in [2.45, 2.75) is 20.4 Å². The fourth-order valence-corrected chi connectivity index (χ4v) is 1.99. The molecule has 0 spiro atoms. The van der Waals surface area contributed by atoms with Crippen LogP contribution in [-0.2, 0) is 6.54 Å². The number of nitrogens with zero attached hydrogens (tertiary/aromatic N) is 2. The maximum absolute atomic E-state index is 5.69. The van der Waals surface area contributed by atoms with Crippen LogP contribution in [0.2, 0.25) is 0 Å². The van der Waals surface area contributed by atoms with Crippen molar-refractivity contribution >= 4 is 23.7 Å². The molecule has 1 heterocycles. The predicted molar refractivity (Wildman–Crippen MR) is 68.5 cm³/mol. The van der Waals surface area contributed by atoms with E-state index in [9.17, 15) is 0 Å². The molecule has 1 rings (SSSR count). The van der Waals surface area contributed by atoms with E-state index in [1.165, 1.54) is 0 Å². The number of halogens is 1. The molecule has 1 aromatic rings. The van der Waals surface area contributed by atoms with E-state index in [0.717, 1.165) is 18.8 Å². The molecule has 0 atom stereocenters. The Hall–Kier alpha value is -0.160. The van der Waals surface area contributed by atoms with Crippen molar-refractivity contribution in [1.29, 1.82) is 0 Å². The monoisotopic (exact) mass is 249 g/mol. The van der Waals surface area contributed by atoms with Crippen molar-refractivity contribution in [3.63, 3.8) is 0 Å². The summed E-state index contributed by atoms with van der Waals surface area (Å²) in [4.78, 5) is 6.52. The molecule has 3 nitrogen and oxygen atoms in total. The summed E-state index contributed by atoms with van der Waals surface area (Å²) in [6, 6.07) is 0. The average Bonchev–Trinajstić information content (AvgIpc) is 2.55. The molecule has 0 aliphatic carbocycles. The molecular formula is C10H20ClN3S. The third kappa shape index (κ3) is 5.47. The Labute approximate surface area is 102 Å². The quantitative estimate of drug-likeness (QED) is 0.868. The van der Waals surface area contributed by atoms with Crippen molar-refractivity contribution in [2.24, 2.45) is 11.1 Å². The van der Waals surface area contributed by atoms with Crippen LogP contribution in [0.25, 0.3) is 0 Å². The van der Waals surface area contributed by atoms with Gasteiger partial charge in [0.05, 0.1) is 11.2 Å². The molecule has 88 valence electrons. The van der Waals surface area contributed by atoms with Crippen molar-refractivity contribution in [1.82, 2.24) is 9.88 Å². The van der Waals surface area contributed by atoms with Gasteiger partial charge in [0.2, 0.25) is 0 Å². The number of nitrogens with two attached hydrogens (primary N) is 1. The third-order valence-corrected chi connectivity index (χ3v) is 2.80. The van der Waals surface area contributed by atoms with Crippen molar-refractivity contribution in [3.05, 3.63) is 16.6 Å². The van der Waals surface area contributed by atoms with Gasteiger partial charge in [0.15, 0.2) is 0 Å². The molecular weight excluding hydrogens is 230 g/mol. The molecule has 0 aromatic carbocycles. The van der Waals surface area contributed by atoms with Gasteiger partial charge in [0.25, 0.3) is 0 Å². The lowest BCUT2D eigenvalue weighted by molar-refractivity contribution is 0.208. The first-order valence-electron chi connectivity index (χ1n) is 4.79. The second-order valence-electron chi connectivity index (χ2n) is 4.52. The fourth-order valence-electron chi connectivity index (χ4n) is 1.44. The highest BCUT2D eigenvalue weighted by molar-refractivity contribution is 7.07. The lowest BCUT2D eigenvalue weighted by Crippen LogP contribution is -2.36. The minimum Gasteiger partial charge on any atom is -0.330 e. The Bertz CT molecular complexity index is 262. The highest BCUT2D eigenvalue weighted by Crippen LogP contribution is 2.15. The second kappa shape index (κ2) is 6.43. The summed E-state index contributed by atoms with van der Waals surface area (Å²) >= 11 is 1.64. The topological polar surface area (TPSA) is 42.2 Å². The molecule has 5 heteroatoms. The zero-order valence-corrected chi connectivity index (χ0v) is 11.2. The number of aromatic nitrogens is 1. The first-order valence-corrected chi connectivity index (χ1v) is 5.73. The molecule has 0 bridgehead atoms. The maximum atomic E-state index is 5.69. The predicted octanol–water partition coefficient (Wildman–Crippen LogP) is 1.98. The zero-order chi connectivity index (χ0) is 10.6. The summed E-state index contributed by atoms with van der Waals surface area (Å²) in [6.07, 6.45) is 0. The first kappa shape index (κ1) is 14.8. The van der Waals surface area contributed by atoms with Crippen LogP contribution in [0.1, 0.15) is 19.5 Å². The number of hydrogen-bond acceptors (Lipinski definition) is 4. The van der Waals surface area contributed by atoms with Gasteiger partial charge in [-0.05, 0) is 19.0 Å². The maximum Gasteiger partial charge on any atom is 0.0795 e. The molecule has 0 fully saturated rings. The minimum absolute atomic E-state index is 0. The van der Waals surface area contributed by atoms with E-state index in [-0.39, 0.29) is 17.8 Å². The van der Waals surface area contributed by atoms with Gasteiger partial charge in [-0.3, -0.25) is 4.90 Å². The van der Waals surface area contributed by atoms with Gasteiger partial charge in [-0.25, -0.2) is 4.98 Å². The standard InChI is InChI=1S/C10H19N3S.ClH/c1-10(2,6-11)7-13(3)4-9-5-14-8-12-9;/h5,8H,4,6-7,11H2,1-3H3;1H. The lowest BCUT2D eigenvalue weighted by atomic mass is 9.93. The normalized spacial score (nSPS) is 11.5.